The van der Waals surface area contributed by atoms with Crippen LogP contribution in [0.15, 0.2) is 78.9 Å². The molecular weight excluding hydrogens is 468 g/mol. The summed E-state index contributed by atoms with van der Waals surface area (Å²) in [5.41, 5.74) is 3.36. The van der Waals surface area contributed by atoms with Gasteiger partial charge in [0.05, 0.1) is 14.2 Å². The Morgan fingerprint density at radius 3 is 1.59 bits per heavy atom. The van der Waals surface area contributed by atoms with E-state index in [1.807, 2.05) is 72.8 Å². The van der Waals surface area contributed by atoms with Crippen molar-refractivity contribution in [2.24, 2.45) is 0 Å². The Labute approximate surface area is 215 Å². The number of benzene rings is 3. The molecule has 2 N–H and O–H groups in total. The molecule has 0 atom stereocenters. The Hall–Kier alpha value is -4.56. The second kappa shape index (κ2) is 12.4. The van der Waals surface area contributed by atoms with Gasteiger partial charge < -0.3 is 19.9 Å². The van der Waals surface area contributed by atoms with Crippen molar-refractivity contribution in [2.75, 3.05) is 27.4 Å². The molecule has 0 fully saturated rings. The number of nitrogens with zero attached hydrogens (tertiary/aromatic N) is 3. The summed E-state index contributed by atoms with van der Waals surface area (Å²) in [6, 6.07) is 22.7. The van der Waals surface area contributed by atoms with Crippen LogP contribution < -0.4 is 14.8 Å². The van der Waals surface area contributed by atoms with E-state index in [1.54, 1.807) is 20.3 Å². The Morgan fingerprint density at radius 2 is 1.19 bits per heavy atom. The molecular formula is C29H28N4O4. The molecule has 0 saturated heterocycles. The van der Waals surface area contributed by atoms with Crippen LogP contribution in [0.5, 0.6) is 11.5 Å². The van der Waals surface area contributed by atoms with Crippen molar-refractivity contribution >= 4 is 12.0 Å². The second-order valence-electron chi connectivity index (χ2n) is 8.09. The van der Waals surface area contributed by atoms with Crippen LogP contribution in [0.1, 0.15) is 12.0 Å². The van der Waals surface area contributed by atoms with Gasteiger partial charge in [-0.15, -0.1) is 0 Å². The first-order chi connectivity index (χ1) is 18.1. The maximum absolute atomic E-state index is 11.9. The second-order valence-corrected chi connectivity index (χ2v) is 8.09. The Kier molecular flexibility index (Phi) is 8.57. The van der Waals surface area contributed by atoms with Gasteiger partial charge in [0.1, 0.15) is 11.5 Å². The number of hydrogen-bond donors (Lipinski definition) is 2. The van der Waals surface area contributed by atoms with Crippen LogP contribution in [0.4, 0.5) is 0 Å². The number of rotatable bonds is 10. The Balaban J connectivity index is 1.65. The van der Waals surface area contributed by atoms with E-state index >= 15 is 0 Å². The van der Waals surface area contributed by atoms with Gasteiger partial charge in [0, 0.05) is 35.9 Å². The molecule has 188 valence electrons. The van der Waals surface area contributed by atoms with Crippen LogP contribution in [0.3, 0.4) is 0 Å². The van der Waals surface area contributed by atoms with E-state index in [1.165, 1.54) is 6.08 Å². The molecule has 0 aliphatic rings. The number of aromatic nitrogens is 3. The van der Waals surface area contributed by atoms with Crippen molar-refractivity contribution in [3.05, 3.63) is 84.4 Å². The molecule has 3 aromatic carbocycles. The first-order valence-electron chi connectivity index (χ1n) is 11.8. The topological polar surface area (TPSA) is 106 Å². The van der Waals surface area contributed by atoms with Crippen LogP contribution in [0.2, 0.25) is 0 Å². The fourth-order valence-corrected chi connectivity index (χ4v) is 3.51. The fourth-order valence-electron chi connectivity index (χ4n) is 3.51. The third-order valence-corrected chi connectivity index (χ3v) is 5.56. The van der Waals surface area contributed by atoms with Gasteiger partial charge in [0.2, 0.25) is 5.91 Å². The van der Waals surface area contributed by atoms with E-state index in [9.17, 15) is 4.79 Å². The molecule has 0 radical (unpaired) electrons. The summed E-state index contributed by atoms with van der Waals surface area (Å²) < 4.78 is 10.6. The van der Waals surface area contributed by atoms with Crippen molar-refractivity contribution in [3.8, 4) is 45.7 Å². The molecule has 8 heteroatoms. The van der Waals surface area contributed by atoms with Crippen LogP contribution in [0.25, 0.3) is 40.2 Å². The van der Waals surface area contributed by atoms with Crippen molar-refractivity contribution in [3.63, 3.8) is 0 Å². The lowest BCUT2D eigenvalue weighted by Gasteiger charge is -2.09. The summed E-state index contributed by atoms with van der Waals surface area (Å²) in [6.45, 7) is 0.480. The average Bonchev–Trinajstić information content (AvgIpc) is 2.96. The van der Waals surface area contributed by atoms with E-state index in [0.29, 0.717) is 30.4 Å². The molecule has 1 heterocycles. The Bertz CT molecular complexity index is 1290. The summed E-state index contributed by atoms with van der Waals surface area (Å²) in [4.78, 5) is 26.1. The van der Waals surface area contributed by atoms with Gasteiger partial charge in [-0.3, -0.25) is 4.79 Å². The number of hydrogen-bond acceptors (Lipinski definition) is 7. The smallest absolute Gasteiger partial charge is 0.244 e. The zero-order chi connectivity index (χ0) is 26.0. The third kappa shape index (κ3) is 6.77. The highest BCUT2D eigenvalue weighted by molar-refractivity contribution is 5.91. The number of carbonyl (C=O) groups excluding carboxylic acids is 1. The van der Waals surface area contributed by atoms with Crippen LogP contribution >= 0.6 is 0 Å². The first kappa shape index (κ1) is 25.5. The zero-order valence-electron chi connectivity index (χ0n) is 20.7. The minimum Gasteiger partial charge on any atom is -0.497 e. The number of ether oxygens (including phenoxy) is 2. The predicted octanol–water partition coefficient (Wildman–Crippen LogP) is 4.40. The number of aliphatic hydroxyl groups is 1. The molecule has 0 spiro atoms. The van der Waals surface area contributed by atoms with Gasteiger partial charge in [-0.05, 0) is 66.6 Å². The number of amides is 1. The quantitative estimate of drug-likeness (QED) is 0.248. The minimum atomic E-state index is -0.205. The molecule has 0 saturated carbocycles. The molecule has 8 nitrogen and oxygen atoms in total. The maximum atomic E-state index is 11.9. The van der Waals surface area contributed by atoms with E-state index in [4.69, 9.17) is 29.5 Å². The lowest BCUT2D eigenvalue weighted by Crippen LogP contribution is -2.22. The van der Waals surface area contributed by atoms with Crippen molar-refractivity contribution in [2.45, 2.75) is 6.42 Å². The van der Waals surface area contributed by atoms with Crippen molar-refractivity contribution in [1.29, 1.82) is 0 Å². The molecule has 0 aliphatic heterocycles. The number of nitrogens with one attached hydrogen (secondary N) is 1. The zero-order valence-corrected chi connectivity index (χ0v) is 20.7. The van der Waals surface area contributed by atoms with Gasteiger partial charge in [0.15, 0.2) is 17.5 Å². The first-order valence-corrected chi connectivity index (χ1v) is 11.8. The Morgan fingerprint density at radius 1 is 0.757 bits per heavy atom. The summed E-state index contributed by atoms with van der Waals surface area (Å²) in [5, 5.41) is 11.5. The monoisotopic (exact) mass is 496 g/mol. The van der Waals surface area contributed by atoms with Crippen molar-refractivity contribution < 1.29 is 19.4 Å². The molecule has 0 aliphatic carbocycles. The van der Waals surface area contributed by atoms with Crippen LogP contribution in [-0.2, 0) is 4.79 Å². The largest absolute Gasteiger partial charge is 0.497 e. The summed E-state index contributed by atoms with van der Waals surface area (Å²) >= 11 is 0. The van der Waals surface area contributed by atoms with E-state index in [0.717, 1.165) is 33.8 Å². The number of methoxy groups -OCH3 is 2. The van der Waals surface area contributed by atoms with E-state index < -0.39 is 0 Å². The summed E-state index contributed by atoms with van der Waals surface area (Å²) in [6.07, 6.45) is 3.73. The summed E-state index contributed by atoms with van der Waals surface area (Å²) in [5.74, 6) is 2.91. The molecule has 37 heavy (non-hydrogen) atoms. The normalized spacial score (nSPS) is 10.9. The predicted molar refractivity (Wildman–Crippen MR) is 143 cm³/mol. The standard InChI is InChI=1S/C29H28N4O4/c1-36-24-13-9-22(10-14-24)28-31-27(32-29(33-28)23-11-15-25(37-2)16-12-23)21-7-4-20(5-8-21)6-17-26(35)30-18-3-19-34/h4-17,34H,3,18-19H2,1-2H3,(H,30,35)/b17-6+. The number of carbonyl (C=O) groups is 1. The third-order valence-electron chi connectivity index (χ3n) is 5.56. The minimum absolute atomic E-state index is 0.0445. The van der Waals surface area contributed by atoms with Gasteiger partial charge in [-0.1, -0.05) is 24.3 Å². The molecule has 0 unspecified atom stereocenters. The molecule has 1 amide bonds. The molecule has 4 aromatic rings. The van der Waals surface area contributed by atoms with Gasteiger partial charge >= 0.3 is 0 Å². The van der Waals surface area contributed by atoms with Crippen molar-refractivity contribution in [1.82, 2.24) is 20.3 Å². The highest BCUT2D eigenvalue weighted by Gasteiger charge is 2.12. The number of aliphatic hydroxyl groups excluding tert-OH is 1. The van der Waals surface area contributed by atoms with E-state index in [-0.39, 0.29) is 12.5 Å². The summed E-state index contributed by atoms with van der Waals surface area (Å²) in [7, 11) is 3.25. The lowest BCUT2D eigenvalue weighted by molar-refractivity contribution is -0.116. The fraction of sp³-hybridized carbons (Fsp3) is 0.172. The van der Waals surface area contributed by atoms with E-state index in [2.05, 4.69) is 5.32 Å². The van der Waals surface area contributed by atoms with Crippen LogP contribution in [0, 0.1) is 0 Å². The average molecular weight is 497 g/mol. The molecule has 1 aromatic heterocycles. The van der Waals surface area contributed by atoms with Gasteiger partial charge in [-0.2, -0.15) is 0 Å². The van der Waals surface area contributed by atoms with Gasteiger partial charge in [0.25, 0.3) is 0 Å². The maximum Gasteiger partial charge on any atom is 0.244 e. The SMILES string of the molecule is COc1ccc(-c2nc(-c3ccc(/C=C/C(=O)NCCCO)cc3)nc(-c3ccc(OC)cc3)n2)cc1. The highest BCUT2D eigenvalue weighted by atomic mass is 16.5. The van der Waals surface area contributed by atoms with Gasteiger partial charge in [-0.25, -0.2) is 15.0 Å². The molecule has 0 bridgehead atoms. The highest BCUT2D eigenvalue weighted by Crippen LogP contribution is 2.27. The molecule has 4 rings (SSSR count). The van der Waals surface area contributed by atoms with Crippen LogP contribution in [-0.4, -0.2) is 53.3 Å². The lowest BCUT2D eigenvalue weighted by atomic mass is 10.1.